The van der Waals surface area contributed by atoms with Crippen LogP contribution in [0.1, 0.15) is 11.5 Å². The zero-order valence-corrected chi connectivity index (χ0v) is 7.18. The summed E-state index contributed by atoms with van der Waals surface area (Å²) in [7, 11) is 0. The quantitative estimate of drug-likeness (QED) is 0.623. The Morgan fingerprint density at radius 3 is 2.50 bits per heavy atom. The van der Waals surface area contributed by atoms with Gasteiger partial charge in [0.15, 0.2) is 11.6 Å². The van der Waals surface area contributed by atoms with Crippen molar-refractivity contribution in [2.75, 3.05) is 0 Å². The maximum Gasteiger partial charge on any atom is 0.279 e. The maximum absolute atomic E-state index is 11.3. The third-order valence-corrected chi connectivity index (χ3v) is 2.01. The minimum atomic E-state index is -0.659. The van der Waals surface area contributed by atoms with E-state index in [4.69, 9.17) is 0 Å². The van der Waals surface area contributed by atoms with Crippen molar-refractivity contribution in [2.45, 2.75) is 5.92 Å². The molecule has 0 saturated heterocycles. The lowest BCUT2D eigenvalue weighted by Crippen LogP contribution is -2.06. The molecule has 14 heavy (non-hydrogen) atoms. The van der Waals surface area contributed by atoms with Crippen LogP contribution in [0.2, 0.25) is 0 Å². The zero-order valence-electron chi connectivity index (χ0n) is 7.18. The fraction of sp³-hybridized carbons (Fsp3) is 0.100. The van der Waals surface area contributed by atoms with Gasteiger partial charge in [-0.2, -0.15) is 0 Å². The highest BCUT2D eigenvalue weighted by Crippen LogP contribution is 2.29. The van der Waals surface area contributed by atoms with Crippen molar-refractivity contribution in [3.8, 4) is 0 Å². The Balaban J connectivity index is 2.45. The van der Waals surface area contributed by atoms with E-state index in [2.05, 4.69) is 10.2 Å². The standard InChI is InChI=1S/C10H6N2O2/c13-6-8-9(10(14)12-11-8)7-4-2-1-3-5-7/h1-5,9H. The van der Waals surface area contributed by atoms with Gasteiger partial charge in [-0.05, 0) is 5.56 Å². The molecule has 1 aliphatic heterocycles. The Kier molecular flexibility index (Phi) is 2.05. The lowest BCUT2D eigenvalue weighted by Gasteiger charge is -2.04. The van der Waals surface area contributed by atoms with Crippen LogP contribution in [0.25, 0.3) is 0 Å². The number of carbonyl (C=O) groups is 1. The van der Waals surface area contributed by atoms with Crippen molar-refractivity contribution in [3.05, 3.63) is 41.6 Å². The molecule has 0 aromatic heterocycles. The van der Waals surface area contributed by atoms with Crippen molar-refractivity contribution < 1.29 is 9.59 Å². The maximum atomic E-state index is 11.3. The number of hydrogen-bond acceptors (Lipinski definition) is 3. The van der Waals surface area contributed by atoms with Crippen LogP contribution in [-0.2, 0) is 9.59 Å². The van der Waals surface area contributed by atoms with Crippen LogP contribution >= 0.6 is 0 Å². The molecule has 0 radical (unpaired) electrons. The average molecular weight is 186 g/mol. The molecule has 4 heteroatoms. The highest BCUT2D eigenvalue weighted by molar-refractivity contribution is 5.91. The average Bonchev–Trinajstić information content (AvgIpc) is 2.61. The fourth-order valence-electron chi connectivity index (χ4n) is 1.36. The van der Waals surface area contributed by atoms with E-state index in [1.54, 1.807) is 30.2 Å². The molecule has 1 atom stereocenters. The number of nitrogens with zero attached hydrogens (tertiary/aromatic N) is 2. The molecule has 0 aliphatic carbocycles. The van der Waals surface area contributed by atoms with Crippen molar-refractivity contribution in [2.24, 2.45) is 10.2 Å². The van der Waals surface area contributed by atoms with E-state index in [0.717, 1.165) is 5.56 Å². The van der Waals surface area contributed by atoms with Gasteiger partial charge in [0, 0.05) is 0 Å². The SMILES string of the molecule is O=C=C1N=NC(=O)C1c1ccccc1. The molecule has 0 spiro atoms. The predicted molar refractivity (Wildman–Crippen MR) is 48.3 cm³/mol. The summed E-state index contributed by atoms with van der Waals surface area (Å²) in [5.74, 6) is 0.562. The van der Waals surface area contributed by atoms with Gasteiger partial charge in [-0.15, -0.1) is 10.2 Å². The normalized spacial score (nSPS) is 19.9. The fourth-order valence-corrected chi connectivity index (χ4v) is 1.36. The van der Waals surface area contributed by atoms with Crippen LogP contribution in [0.15, 0.2) is 46.3 Å². The smallest absolute Gasteiger partial charge is 0.270 e. The molecular weight excluding hydrogens is 180 g/mol. The van der Waals surface area contributed by atoms with E-state index < -0.39 is 11.8 Å². The molecule has 1 amide bonds. The minimum absolute atomic E-state index is 0.0567. The van der Waals surface area contributed by atoms with Gasteiger partial charge in [0.2, 0.25) is 0 Å². The molecule has 4 nitrogen and oxygen atoms in total. The Bertz CT molecular complexity index is 444. The van der Waals surface area contributed by atoms with Crippen LogP contribution in [0.4, 0.5) is 0 Å². The summed E-state index contributed by atoms with van der Waals surface area (Å²) >= 11 is 0. The minimum Gasteiger partial charge on any atom is -0.270 e. The molecule has 0 bridgehead atoms. The van der Waals surface area contributed by atoms with E-state index in [9.17, 15) is 9.59 Å². The Labute approximate surface area is 80.0 Å². The first-order chi connectivity index (χ1) is 6.83. The van der Waals surface area contributed by atoms with Gasteiger partial charge in [-0.1, -0.05) is 30.3 Å². The number of hydrogen-bond donors (Lipinski definition) is 0. The van der Waals surface area contributed by atoms with E-state index in [1.807, 2.05) is 6.07 Å². The van der Waals surface area contributed by atoms with Crippen molar-refractivity contribution >= 4 is 11.8 Å². The summed E-state index contributed by atoms with van der Waals surface area (Å²) in [6.07, 6.45) is 0. The predicted octanol–water partition coefficient (Wildman–Crippen LogP) is 1.48. The monoisotopic (exact) mass is 186 g/mol. The molecule has 2 rings (SSSR count). The highest BCUT2D eigenvalue weighted by atomic mass is 16.2. The van der Waals surface area contributed by atoms with Gasteiger partial charge in [0.25, 0.3) is 5.91 Å². The largest absolute Gasteiger partial charge is 0.279 e. The molecular formula is C10H6N2O2. The highest BCUT2D eigenvalue weighted by Gasteiger charge is 2.31. The number of carbonyl (C=O) groups excluding carboxylic acids is 2. The Morgan fingerprint density at radius 2 is 1.86 bits per heavy atom. The van der Waals surface area contributed by atoms with E-state index in [-0.39, 0.29) is 5.70 Å². The van der Waals surface area contributed by atoms with Gasteiger partial charge in [0.05, 0.1) is 0 Å². The van der Waals surface area contributed by atoms with Gasteiger partial charge < -0.3 is 0 Å². The molecule has 0 saturated carbocycles. The van der Waals surface area contributed by atoms with Gasteiger partial charge >= 0.3 is 0 Å². The van der Waals surface area contributed by atoms with Gasteiger partial charge in [-0.25, -0.2) is 4.79 Å². The molecule has 0 fully saturated rings. The summed E-state index contributed by atoms with van der Waals surface area (Å²) in [5.41, 5.74) is 0.780. The van der Waals surface area contributed by atoms with Crippen molar-refractivity contribution in [1.29, 1.82) is 0 Å². The number of benzene rings is 1. The third-order valence-electron chi connectivity index (χ3n) is 2.01. The lowest BCUT2D eigenvalue weighted by atomic mass is 9.97. The molecule has 1 heterocycles. The molecule has 0 N–H and O–H groups in total. The zero-order chi connectivity index (χ0) is 9.97. The second-order valence-electron chi connectivity index (χ2n) is 2.87. The Hall–Kier alpha value is -2.06. The first-order valence-electron chi connectivity index (χ1n) is 4.08. The molecule has 1 unspecified atom stereocenters. The molecule has 68 valence electrons. The van der Waals surface area contributed by atoms with Crippen LogP contribution in [0, 0.1) is 0 Å². The van der Waals surface area contributed by atoms with Gasteiger partial charge in [-0.3, -0.25) is 4.79 Å². The first kappa shape index (κ1) is 8.53. The summed E-state index contributed by atoms with van der Waals surface area (Å²) in [4.78, 5) is 21.8. The van der Waals surface area contributed by atoms with Crippen LogP contribution in [0.5, 0.6) is 0 Å². The van der Waals surface area contributed by atoms with Crippen LogP contribution < -0.4 is 0 Å². The number of azo groups is 1. The summed E-state index contributed by atoms with van der Waals surface area (Å²) < 4.78 is 0. The summed E-state index contributed by atoms with van der Waals surface area (Å²) in [6, 6.07) is 8.95. The molecule has 1 aromatic carbocycles. The van der Waals surface area contributed by atoms with E-state index >= 15 is 0 Å². The second kappa shape index (κ2) is 3.36. The van der Waals surface area contributed by atoms with Crippen molar-refractivity contribution in [1.82, 2.24) is 0 Å². The Morgan fingerprint density at radius 1 is 1.14 bits per heavy atom. The lowest BCUT2D eigenvalue weighted by molar-refractivity contribution is -0.118. The van der Waals surface area contributed by atoms with Crippen molar-refractivity contribution in [3.63, 3.8) is 0 Å². The van der Waals surface area contributed by atoms with E-state index in [0.29, 0.717) is 0 Å². The van der Waals surface area contributed by atoms with Gasteiger partial charge in [0.1, 0.15) is 5.92 Å². The summed E-state index contributed by atoms with van der Waals surface area (Å²) in [5, 5.41) is 6.79. The first-order valence-corrected chi connectivity index (χ1v) is 4.08. The van der Waals surface area contributed by atoms with Crippen LogP contribution in [0.3, 0.4) is 0 Å². The van der Waals surface area contributed by atoms with E-state index in [1.165, 1.54) is 0 Å². The topological polar surface area (TPSA) is 58.9 Å². The number of amides is 1. The second-order valence-corrected chi connectivity index (χ2v) is 2.87. The molecule has 1 aliphatic rings. The molecule has 1 aromatic rings. The van der Waals surface area contributed by atoms with Crippen LogP contribution in [-0.4, -0.2) is 11.8 Å². The summed E-state index contributed by atoms with van der Waals surface area (Å²) in [6.45, 7) is 0. The third kappa shape index (κ3) is 1.28. The number of rotatable bonds is 1.